The Hall–Kier alpha value is -2.90. The van der Waals surface area contributed by atoms with Crippen molar-refractivity contribution in [2.24, 2.45) is 0 Å². The fourth-order valence-electron chi connectivity index (χ4n) is 3.64. The zero-order chi connectivity index (χ0) is 18.5. The number of rotatable bonds is 6. The molecule has 134 valence electrons. The lowest BCUT2D eigenvalue weighted by molar-refractivity contribution is 0.192. The first-order valence-corrected chi connectivity index (χ1v) is 9.60. The molecular formula is C26H25N. The van der Waals surface area contributed by atoms with E-state index in [1.807, 2.05) is 0 Å². The van der Waals surface area contributed by atoms with Gasteiger partial charge in [-0.15, -0.1) is 0 Å². The second-order valence-corrected chi connectivity index (χ2v) is 7.16. The van der Waals surface area contributed by atoms with Crippen LogP contribution < -0.4 is 0 Å². The Labute approximate surface area is 161 Å². The smallest absolute Gasteiger partial charge is 0.0327 e. The first kappa shape index (κ1) is 17.5. The maximum atomic E-state index is 2.55. The van der Waals surface area contributed by atoms with Gasteiger partial charge in [0, 0.05) is 19.1 Å². The number of hydrogen-bond acceptors (Lipinski definition) is 1. The highest BCUT2D eigenvalue weighted by Gasteiger charge is 2.17. The van der Waals surface area contributed by atoms with Crippen molar-refractivity contribution in [1.29, 1.82) is 0 Å². The van der Waals surface area contributed by atoms with Gasteiger partial charge in [0.15, 0.2) is 0 Å². The maximum Gasteiger partial charge on any atom is 0.0327 e. The first-order chi connectivity index (χ1) is 13.3. The SMILES string of the molecule is C[C@@H](c1ccc2ccccc2c1)N(Cc1ccccc1)Cc1ccccc1. The molecule has 0 aromatic heterocycles. The van der Waals surface area contributed by atoms with Gasteiger partial charge in [0.05, 0.1) is 0 Å². The summed E-state index contributed by atoms with van der Waals surface area (Å²) in [5, 5.41) is 2.60. The highest BCUT2D eigenvalue weighted by atomic mass is 15.1. The van der Waals surface area contributed by atoms with Crippen molar-refractivity contribution in [2.75, 3.05) is 0 Å². The first-order valence-electron chi connectivity index (χ1n) is 9.60. The van der Waals surface area contributed by atoms with Gasteiger partial charge in [-0.05, 0) is 40.5 Å². The van der Waals surface area contributed by atoms with Gasteiger partial charge in [-0.2, -0.15) is 0 Å². The summed E-state index contributed by atoms with van der Waals surface area (Å²) in [6.45, 7) is 4.18. The largest absolute Gasteiger partial charge is 0.288 e. The lowest BCUT2D eigenvalue weighted by Crippen LogP contribution is -2.26. The third-order valence-corrected chi connectivity index (χ3v) is 5.26. The van der Waals surface area contributed by atoms with Crippen molar-refractivity contribution in [2.45, 2.75) is 26.1 Å². The molecule has 0 bridgehead atoms. The van der Waals surface area contributed by atoms with Gasteiger partial charge in [0.2, 0.25) is 0 Å². The summed E-state index contributed by atoms with van der Waals surface area (Å²) < 4.78 is 0. The molecular weight excluding hydrogens is 326 g/mol. The topological polar surface area (TPSA) is 3.24 Å². The lowest BCUT2D eigenvalue weighted by Gasteiger charge is -2.30. The summed E-state index contributed by atoms with van der Waals surface area (Å²) in [5.74, 6) is 0. The molecule has 27 heavy (non-hydrogen) atoms. The maximum absolute atomic E-state index is 2.55. The Balaban J connectivity index is 1.64. The van der Waals surface area contributed by atoms with E-state index >= 15 is 0 Å². The van der Waals surface area contributed by atoms with Gasteiger partial charge >= 0.3 is 0 Å². The van der Waals surface area contributed by atoms with Crippen LogP contribution in [0.4, 0.5) is 0 Å². The van der Waals surface area contributed by atoms with E-state index in [-0.39, 0.29) is 0 Å². The van der Waals surface area contributed by atoms with Crippen LogP contribution in [-0.2, 0) is 13.1 Å². The predicted molar refractivity (Wildman–Crippen MR) is 114 cm³/mol. The molecule has 4 rings (SSSR count). The van der Waals surface area contributed by atoms with Gasteiger partial charge in [0.1, 0.15) is 0 Å². The fraction of sp³-hybridized carbons (Fsp3) is 0.154. The van der Waals surface area contributed by atoms with Crippen LogP contribution >= 0.6 is 0 Å². The molecule has 0 N–H and O–H groups in total. The molecule has 0 fully saturated rings. The molecule has 0 saturated heterocycles. The van der Waals surface area contributed by atoms with Crippen LogP contribution in [0.25, 0.3) is 10.8 Å². The highest BCUT2D eigenvalue weighted by molar-refractivity contribution is 5.83. The van der Waals surface area contributed by atoms with Gasteiger partial charge in [-0.25, -0.2) is 0 Å². The number of benzene rings is 4. The molecule has 0 heterocycles. The standard InChI is InChI=1S/C26H25N/c1-21(25-17-16-24-14-8-9-15-26(24)18-25)27(19-22-10-4-2-5-11-22)20-23-12-6-3-7-13-23/h2-18,21H,19-20H2,1H3/t21-/m0/s1. The lowest BCUT2D eigenvalue weighted by atomic mass is 10.0. The van der Waals surface area contributed by atoms with Gasteiger partial charge in [-0.3, -0.25) is 4.90 Å². The van der Waals surface area contributed by atoms with Crippen molar-refractivity contribution in [1.82, 2.24) is 4.90 Å². The number of nitrogens with zero attached hydrogens (tertiary/aromatic N) is 1. The molecule has 4 aromatic carbocycles. The Morgan fingerprint density at radius 2 is 1.11 bits per heavy atom. The van der Waals surface area contributed by atoms with Crippen LogP contribution in [0.5, 0.6) is 0 Å². The molecule has 1 nitrogen and oxygen atoms in total. The van der Waals surface area contributed by atoms with E-state index in [0.717, 1.165) is 13.1 Å². The molecule has 0 aliphatic heterocycles. The van der Waals surface area contributed by atoms with Gasteiger partial charge in [-0.1, -0.05) is 97.1 Å². The molecule has 1 atom stereocenters. The van der Waals surface area contributed by atoms with E-state index in [2.05, 4.69) is 115 Å². The minimum absolute atomic E-state index is 0.329. The van der Waals surface area contributed by atoms with Crippen molar-refractivity contribution in [3.63, 3.8) is 0 Å². The normalized spacial score (nSPS) is 12.4. The van der Waals surface area contributed by atoms with E-state index in [1.165, 1.54) is 27.5 Å². The summed E-state index contributed by atoms with van der Waals surface area (Å²) in [6, 6.07) is 37.3. The Morgan fingerprint density at radius 3 is 1.70 bits per heavy atom. The third-order valence-electron chi connectivity index (χ3n) is 5.26. The second kappa shape index (κ2) is 8.20. The molecule has 0 unspecified atom stereocenters. The van der Waals surface area contributed by atoms with Crippen LogP contribution in [0.1, 0.15) is 29.7 Å². The minimum atomic E-state index is 0.329. The van der Waals surface area contributed by atoms with Crippen molar-refractivity contribution in [3.05, 3.63) is 120 Å². The number of hydrogen-bond donors (Lipinski definition) is 0. The summed E-state index contributed by atoms with van der Waals surface area (Å²) in [5.41, 5.74) is 4.06. The summed E-state index contributed by atoms with van der Waals surface area (Å²) in [6.07, 6.45) is 0. The summed E-state index contributed by atoms with van der Waals surface area (Å²) in [4.78, 5) is 2.55. The van der Waals surface area contributed by atoms with Crippen LogP contribution in [0.3, 0.4) is 0 Å². The summed E-state index contributed by atoms with van der Waals surface area (Å²) >= 11 is 0. The molecule has 1 heteroatoms. The van der Waals surface area contributed by atoms with Gasteiger partial charge < -0.3 is 0 Å². The Bertz CT molecular complexity index is 951. The van der Waals surface area contributed by atoms with Crippen LogP contribution in [-0.4, -0.2) is 4.90 Å². The van der Waals surface area contributed by atoms with Crippen LogP contribution in [0.15, 0.2) is 103 Å². The van der Waals surface area contributed by atoms with Crippen LogP contribution in [0.2, 0.25) is 0 Å². The zero-order valence-electron chi connectivity index (χ0n) is 15.8. The minimum Gasteiger partial charge on any atom is -0.288 e. The molecule has 0 aliphatic rings. The fourth-order valence-corrected chi connectivity index (χ4v) is 3.64. The Morgan fingerprint density at radius 1 is 0.593 bits per heavy atom. The average molecular weight is 351 g/mol. The second-order valence-electron chi connectivity index (χ2n) is 7.16. The highest BCUT2D eigenvalue weighted by Crippen LogP contribution is 2.27. The predicted octanol–water partition coefficient (Wildman–Crippen LogP) is 6.60. The Kier molecular flexibility index (Phi) is 5.32. The third kappa shape index (κ3) is 4.27. The summed E-state index contributed by atoms with van der Waals surface area (Å²) in [7, 11) is 0. The number of fused-ring (bicyclic) bond motifs is 1. The molecule has 4 aromatic rings. The average Bonchev–Trinajstić information content (AvgIpc) is 2.74. The quantitative estimate of drug-likeness (QED) is 0.378. The van der Waals surface area contributed by atoms with E-state index < -0.39 is 0 Å². The van der Waals surface area contributed by atoms with Gasteiger partial charge in [0.25, 0.3) is 0 Å². The van der Waals surface area contributed by atoms with E-state index in [9.17, 15) is 0 Å². The van der Waals surface area contributed by atoms with E-state index in [0.29, 0.717) is 6.04 Å². The van der Waals surface area contributed by atoms with E-state index in [1.54, 1.807) is 0 Å². The monoisotopic (exact) mass is 351 g/mol. The molecule has 0 amide bonds. The van der Waals surface area contributed by atoms with E-state index in [4.69, 9.17) is 0 Å². The van der Waals surface area contributed by atoms with Crippen LogP contribution in [0, 0.1) is 0 Å². The van der Waals surface area contributed by atoms with Crippen molar-refractivity contribution < 1.29 is 0 Å². The molecule has 0 saturated carbocycles. The zero-order valence-corrected chi connectivity index (χ0v) is 15.8. The van der Waals surface area contributed by atoms with Crippen molar-refractivity contribution >= 4 is 10.8 Å². The molecule has 0 radical (unpaired) electrons. The van der Waals surface area contributed by atoms with Crippen molar-refractivity contribution in [3.8, 4) is 0 Å². The molecule has 0 aliphatic carbocycles. The molecule has 0 spiro atoms.